The maximum absolute atomic E-state index is 13.4. The van der Waals surface area contributed by atoms with Gasteiger partial charge in [0.05, 0.1) is 12.1 Å². The first-order valence-corrected chi connectivity index (χ1v) is 6.75. The van der Waals surface area contributed by atoms with Crippen LogP contribution in [-0.2, 0) is 17.8 Å². The number of rotatable bonds is 4. The topological polar surface area (TPSA) is 46.4 Å². The Kier molecular flexibility index (Phi) is 3.82. The van der Waals surface area contributed by atoms with Crippen molar-refractivity contribution in [2.45, 2.75) is 13.0 Å². The zero-order valence-electron chi connectivity index (χ0n) is 11.6. The molecule has 6 heteroatoms. The highest BCUT2D eigenvalue weighted by atomic mass is 19.1. The molecular formula is C16H13F2N3O. The highest BCUT2D eigenvalue weighted by molar-refractivity contribution is 5.78. The largest absolute Gasteiger partial charge is 0.352 e. The fraction of sp³-hybridized carbons (Fsp3) is 0.125. The van der Waals surface area contributed by atoms with Gasteiger partial charge in [-0.15, -0.1) is 0 Å². The van der Waals surface area contributed by atoms with E-state index in [2.05, 4.69) is 10.3 Å². The number of amides is 1. The molecule has 0 aliphatic rings. The third-order valence-electron chi connectivity index (χ3n) is 3.24. The lowest BCUT2D eigenvalue weighted by molar-refractivity contribution is -0.120. The van der Waals surface area contributed by atoms with Crippen LogP contribution in [0.15, 0.2) is 48.8 Å². The lowest BCUT2D eigenvalue weighted by Crippen LogP contribution is -2.25. The van der Waals surface area contributed by atoms with Gasteiger partial charge in [0.1, 0.15) is 17.3 Å². The molecule has 0 atom stereocenters. The molecule has 3 aromatic rings. The summed E-state index contributed by atoms with van der Waals surface area (Å²) in [6.45, 7) is 0.119. The SMILES string of the molecule is O=C(Cc1cn2cc(F)ccc2n1)NCc1ccccc1F. The third kappa shape index (κ3) is 3.11. The minimum Gasteiger partial charge on any atom is -0.352 e. The van der Waals surface area contributed by atoms with Crippen molar-refractivity contribution in [3.05, 3.63) is 71.7 Å². The van der Waals surface area contributed by atoms with Crippen LogP contribution in [0.25, 0.3) is 5.65 Å². The molecule has 2 aromatic heterocycles. The van der Waals surface area contributed by atoms with E-state index in [1.165, 1.54) is 28.8 Å². The average Bonchev–Trinajstić information content (AvgIpc) is 2.87. The summed E-state index contributed by atoms with van der Waals surface area (Å²) in [5, 5.41) is 2.64. The summed E-state index contributed by atoms with van der Waals surface area (Å²) < 4.78 is 28.1. The number of carbonyl (C=O) groups is 1. The van der Waals surface area contributed by atoms with Crippen molar-refractivity contribution in [3.8, 4) is 0 Å². The first kappa shape index (κ1) is 14.2. The van der Waals surface area contributed by atoms with Crippen LogP contribution in [0.1, 0.15) is 11.3 Å². The molecule has 0 spiro atoms. The molecule has 2 heterocycles. The number of nitrogens with one attached hydrogen (secondary N) is 1. The quantitative estimate of drug-likeness (QED) is 0.804. The van der Waals surface area contributed by atoms with E-state index in [0.29, 0.717) is 16.9 Å². The number of carbonyl (C=O) groups excluding carboxylic acids is 1. The first-order chi connectivity index (χ1) is 10.6. The van der Waals surface area contributed by atoms with Crippen LogP contribution < -0.4 is 5.32 Å². The Bertz CT molecular complexity index is 829. The molecule has 0 aliphatic carbocycles. The van der Waals surface area contributed by atoms with E-state index in [9.17, 15) is 13.6 Å². The number of benzene rings is 1. The monoisotopic (exact) mass is 301 g/mol. The lowest BCUT2D eigenvalue weighted by atomic mass is 10.2. The highest BCUT2D eigenvalue weighted by Crippen LogP contribution is 2.08. The Morgan fingerprint density at radius 1 is 1.14 bits per heavy atom. The van der Waals surface area contributed by atoms with Crippen LogP contribution >= 0.6 is 0 Å². The van der Waals surface area contributed by atoms with Crippen molar-refractivity contribution in [3.63, 3.8) is 0 Å². The predicted octanol–water partition coefficient (Wildman–Crippen LogP) is 2.47. The Hall–Kier alpha value is -2.76. The van der Waals surface area contributed by atoms with Crippen molar-refractivity contribution in [2.24, 2.45) is 0 Å². The molecule has 0 unspecified atom stereocenters. The molecule has 1 N–H and O–H groups in total. The number of hydrogen-bond acceptors (Lipinski definition) is 2. The Labute approximate surface area is 125 Å². The Morgan fingerprint density at radius 2 is 1.95 bits per heavy atom. The lowest BCUT2D eigenvalue weighted by Gasteiger charge is -2.05. The van der Waals surface area contributed by atoms with Crippen LogP contribution in [0.2, 0.25) is 0 Å². The summed E-state index contributed by atoms with van der Waals surface area (Å²) in [6, 6.07) is 9.11. The second-order valence-corrected chi connectivity index (χ2v) is 4.89. The number of imidazole rings is 1. The van der Waals surface area contributed by atoms with Crippen LogP contribution in [0.5, 0.6) is 0 Å². The molecule has 0 saturated heterocycles. The van der Waals surface area contributed by atoms with Gasteiger partial charge in [-0.25, -0.2) is 13.8 Å². The zero-order chi connectivity index (χ0) is 15.5. The molecule has 4 nitrogen and oxygen atoms in total. The molecule has 3 rings (SSSR count). The molecule has 0 bridgehead atoms. The summed E-state index contributed by atoms with van der Waals surface area (Å²) in [4.78, 5) is 16.1. The van der Waals surface area contributed by atoms with Crippen molar-refractivity contribution in [1.29, 1.82) is 0 Å². The van der Waals surface area contributed by atoms with E-state index in [1.54, 1.807) is 24.4 Å². The number of aromatic nitrogens is 2. The Morgan fingerprint density at radius 3 is 2.77 bits per heavy atom. The van der Waals surface area contributed by atoms with E-state index in [0.717, 1.165) is 0 Å². The number of pyridine rings is 1. The number of halogens is 2. The van der Waals surface area contributed by atoms with Crippen molar-refractivity contribution >= 4 is 11.6 Å². The molecule has 0 saturated carbocycles. The van der Waals surface area contributed by atoms with Gasteiger partial charge in [0.15, 0.2) is 0 Å². The fourth-order valence-electron chi connectivity index (χ4n) is 2.16. The van der Waals surface area contributed by atoms with E-state index < -0.39 is 0 Å². The third-order valence-corrected chi connectivity index (χ3v) is 3.24. The summed E-state index contributed by atoms with van der Waals surface area (Å²) in [5.74, 6) is -1.00. The van der Waals surface area contributed by atoms with E-state index >= 15 is 0 Å². The molecule has 0 fully saturated rings. The minimum atomic E-state index is -0.375. The van der Waals surface area contributed by atoms with Crippen molar-refractivity contribution in [1.82, 2.24) is 14.7 Å². The van der Waals surface area contributed by atoms with Crippen LogP contribution in [0, 0.1) is 11.6 Å². The van der Waals surface area contributed by atoms with E-state index in [-0.39, 0.29) is 30.5 Å². The van der Waals surface area contributed by atoms with Crippen molar-refractivity contribution in [2.75, 3.05) is 0 Å². The van der Waals surface area contributed by atoms with Gasteiger partial charge >= 0.3 is 0 Å². The molecular weight excluding hydrogens is 288 g/mol. The smallest absolute Gasteiger partial charge is 0.226 e. The van der Waals surface area contributed by atoms with E-state index in [1.807, 2.05) is 0 Å². The van der Waals surface area contributed by atoms with Crippen LogP contribution in [-0.4, -0.2) is 15.3 Å². The van der Waals surface area contributed by atoms with Gasteiger partial charge in [-0.2, -0.15) is 0 Å². The molecule has 0 radical (unpaired) electrons. The zero-order valence-corrected chi connectivity index (χ0v) is 11.6. The molecule has 112 valence electrons. The molecule has 0 aliphatic heterocycles. The van der Waals surface area contributed by atoms with Gasteiger partial charge in [0, 0.05) is 24.5 Å². The van der Waals surface area contributed by atoms with Gasteiger partial charge < -0.3 is 9.72 Å². The standard InChI is InChI=1S/C16H13F2N3O/c17-12-5-6-15-20-13(10-21(15)9-12)7-16(22)19-8-11-3-1-2-4-14(11)18/h1-6,9-10H,7-8H2,(H,19,22). The van der Waals surface area contributed by atoms with E-state index in [4.69, 9.17) is 0 Å². The first-order valence-electron chi connectivity index (χ1n) is 6.75. The second kappa shape index (κ2) is 5.93. The van der Waals surface area contributed by atoms with Crippen molar-refractivity contribution < 1.29 is 13.6 Å². The molecule has 1 aromatic carbocycles. The summed E-state index contributed by atoms with van der Waals surface area (Å²) in [6.07, 6.45) is 2.95. The summed E-state index contributed by atoms with van der Waals surface area (Å²) >= 11 is 0. The van der Waals surface area contributed by atoms with Gasteiger partial charge in [-0.3, -0.25) is 4.79 Å². The van der Waals surface area contributed by atoms with Gasteiger partial charge in [0.25, 0.3) is 0 Å². The average molecular weight is 301 g/mol. The minimum absolute atomic E-state index is 0.0533. The van der Waals surface area contributed by atoms with Gasteiger partial charge in [0.2, 0.25) is 5.91 Å². The summed E-state index contributed by atoms with van der Waals surface area (Å²) in [7, 11) is 0. The van der Waals surface area contributed by atoms with Crippen LogP contribution in [0.3, 0.4) is 0 Å². The number of fused-ring (bicyclic) bond motifs is 1. The van der Waals surface area contributed by atoms with Crippen LogP contribution in [0.4, 0.5) is 8.78 Å². The number of hydrogen-bond donors (Lipinski definition) is 1. The molecule has 22 heavy (non-hydrogen) atoms. The predicted molar refractivity (Wildman–Crippen MR) is 77.1 cm³/mol. The maximum atomic E-state index is 13.4. The number of nitrogens with zero attached hydrogens (tertiary/aromatic N) is 2. The maximum Gasteiger partial charge on any atom is 0.226 e. The van der Waals surface area contributed by atoms with Gasteiger partial charge in [-0.05, 0) is 18.2 Å². The fourth-order valence-corrected chi connectivity index (χ4v) is 2.16. The second-order valence-electron chi connectivity index (χ2n) is 4.89. The molecule has 1 amide bonds. The Balaban J connectivity index is 1.64. The normalized spacial score (nSPS) is 10.8. The summed E-state index contributed by atoms with van der Waals surface area (Å²) in [5.41, 5.74) is 1.52. The highest BCUT2D eigenvalue weighted by Gasteiger charge is 2.09. The van der Waals surface area contributed by atoms with Gasteiger partial charge in [-0.1, -0.05) is 18.2 Å².